The number of amidine groups is 1. The summed E-state index contributed by atoms with van der Waals surface area (Å²) in [4.78, 5) is 24.2. The molecule has 0 aliphatic carbocycles. The summed E-state index contributed by atoms with van der Waals surface area (Å²) in [5.74, 6) is -2.42. The number of nitrogens with one attached hydrogen (secondary N) is 1. The highest BCUT2D eigenvalue weighted by molar-refractivity contribution is 6.03. The fourth-order valence-corrected chi connectivity index (χ4v) is 3.08. The van der Waals surface area contributed by atoms with Gasteiger partial charge in [-0.1, -0.05) is 0 Å². The average molecular weight is 459 g/mol. The molecule has 13 heteroatoms. The van der Waals surface area contributed by atoms with Crippen LogP contribution in [0.15, 0.2) is 29.4 Å². The highest BCUT2D eigenvalue weighted by atomic mass is 19.4. The lowest BCUT2D eigenvalue weighted by atomic mass is 9.96. The maximum Gasteiger partial charge on any atom is 0.421 e. The van der Waals surface area contributed by atoms with Gasteiger partial charge in [0.1, 0.15) is 40.1 Å². The third-order valence-electron chi connectivity index (χ3n) is 4.56. The Balaban J connectivity index is 1.87. The minimum atomic E-state index is -4.77. The second-order valence-corrected chi connectivity index (χ2v) is 7.11. The number of carbonyl (C=O) groups excluding carboxylic acids is 1. The zero-order valence-electron chi connectivity index (χ0n) is 16.8. The molecule has 3 N–H and O–H groups in total. The van der Waals surface area contributed by atoms with Crippen LogP contribution in [0.1, 0.15) is 28.7 Å². The first-order chi connectivity index (χ1) is 14.9. The summed E-state index contributed by atoms with van der Waals surface area (Å²) in [7, 11) is 0. The Kier molecular flexibility index (Phi) is 6.30. The predicted molar refractivity (Wildman–Crippen MR) is 102 cm³/mol. The van der Waals surface area contributed by atoms with Crippen LogP contribution in [0.2, 0.25) is 0 Å². The summed E-state index contributed by atoms with van der Waals surface area (Å²) in [6.07, 6.45) is -6.02. The molecule has 3 rings (SSSR count). The first kappa shape index (κ1) is 23.3. The number of nitrogens with zero attached hydrogens (tertiary/aromatic N) is 3. The molecular formula is C19H18F5N5O3. The molecule has 2 atom stereocenters. The maximum atomic E-state index is 14.5. The fraction of sp³-hybridized carbons (Fsp3) is 0.368. The molecule has 172 valence electrons. The van der Waals surface area contributed by atoms with Crippen molar-refractivity contribution in [2.24, 2.45) is 10.7 Å². The Morgan fingerprint density at radius 1 is 1.41 bits per heavy atom. The molecule has 0 spiro atoms. The van der Waals surface area contributed by atoms with E-state index >= 15 is 0 Å². The number of rotatable bonds is 5. The van der Waals surface area contributed by atoms with Gasteiger partial charge in [-0.05, 0) is 37.6 Å². The third-order valence-corrected chi connectivity index (χ3v) is 4.56. The molecule has 0 unspecified atom stereocenters. The van der Waals surface area contributed by atoms with Crippen molar-refractivity contribution < 1.29 is 36.2 Å². The molecule has 0 bridgehead atoms. The van der Waals surface area contributed by atoms with Crippen LogP contribution in [-0.2, 0) is 10.3 Å². The van der Waals surface area contributed by atoms with Crippen LogP contribution in [0.3, 0.4) is 0 Å². The molecule has 0 aromatic carbocycles. The summed E-state index contributed by atoms with van der Waals surface area (Å²) in [6.45, 7) is 1.15. The van der Waals surface area contributed by atoms with Crippen LogP contribution in [0.4, 0.5) is 27.8 Å². The predicted octanol–water partition coefficient (Wildman–Crippen LogP) is 3.02. The van der Waals surface area contributed by atoms with Gasteiger partial charge >= 0.3 is 6.18 Å². The van der Waals surface area contributed by atoms with Gasteiger partial charge in [0.05, 0.1) is 12.8 Å². The second kappa shape index (κ2) is 8.65. The summed E-state index contributed by atoms with van der Waals surface area (Å²) in [5, 5.41) is 2.42. The van der Waals surface area contributed by atoms with Gasteiger partial charge in [0.2, 0.25) is 13.0 Å². The van der Waals surface area contributed by atoms with Crippen molar-refractivity contribution in [2.45, 2.75) is 31.7 Å². The number of hydrogen-bond acceptors (Lipinski definition) is 7. The minimum absolute atomic E-state index is 0.0219. The molecule has 0 saturated carbocycles. The quantitative estimate of drug-likeness (QED) is 0.665. The van der Waals surface area contributed by atoms with Crippen molar-refractivity contribution >= 4 is 17.6 Å². The molecule has 1 aliphatic rings. The number of amides is 1. The van der Waals surface area contributed by atoms with Gasteiger partial charge in [0.15, 0.2) is 0 Å². The molecule has 32 heavy (non-hydrogen) atoms. The topological polar surface area (TPSA) is 112 Å². The standard InChI is InChI=1S/C19H18F5N5O3/c1-9-5-10(32-8-20)6-26-13(9)17(30)28-12-4-3-11(21)14(27-12)18(2)7-31-15(16(25)29-18)19(22,23)24/h3-6,15H,7-8H2,1-2H3,(H2,25,29)(H,27,28,30)/t15-,18+/m1/s1. The van der Waals surface area contributed by atoms with Crippen LogP contribution in [0.25, 0.3) is 0 Å². The second-order valence-electron chi connectivity index (χ2n) is 7.11. The van der Waals surface area contributed by atoms with Gasteiger partial charge in [0, 0.05) is 0 Å². The van der Waals surface area contributed by atoms with Crippen molar-refractivity contribution in [3.05, 3.63) is 47.2 Å². The number of carbonyl (C=O) groups is 1. The van der Waals surface area contributed by atoms with Crippen LogP contribution < -0.4 is 15.8 Å². The summed E-state index contributed by atoms with van der Waals surface area (Å²) in [5.41, 5.74) is 3.75. The Bertz CT molecular complexity index is 1060. The highest BCUT2D eigenvalue weighted by Gasteiger charge is 2.49. The lowest BCUT2D eigenvalue weighted by molar-refractivity contribution is -0.204. The highest BCUT2D eigenvalue weighted by Crippen LogP contribution is 2.35. The number of pyridine rings is 2. The molecule has 1 amide bonds. The molecule has 0 fully saturated rings. The van der Waals surface area contributed by atoms with E-state index in [1.165, 1.54) is 13.0 Å². The van der Waals surface area contributed by atoms with Gasteiger partial charge in [-0.2, -0.15) is 13.2 Å². The summed E-state index contributed by atoms with van der Waals surface area (Å²) >= 11 is 0. The monoisotopic (exact) mass is 459 g/mol. The molecule has 3 heterocycles. The summed E-state index contributed by atoms with van der Waals surface area (Å²) in [6, 6.07) is 3.54. The van der Waals surface area contributed by atoms with E-state index in [0.29, 0.717) is 5.56 Å². The molecule has 2 aromatic heterocycles. The number of ether oxygens (including phenoxy) is 2. The Morgan fingerprint density at radius 2 is 2.12 bits per heavy atom. The van der Waals surface area contributed by atoms with Crippen molar-refractivity contribution in [2.75, 3.05) is 18.8 Å². The van der Waals surface area contributed by atoms with Gasteiger partial charge in [0.25, 0.3) is 5.91 Å². The van der Waals surface area contributed by atoms with E-state index in [4.69, 9.17) is 10.5 Å². The van der Waals surface area contributed by atoms with Crippen molar-refractivity contribution in [3.63, 3.8) is 0 Å². The van der Waals surface area contributed by atoms with Gasteiger partial charge in [-0.25, -0.2) is 18.7 Å². The Hall–Kier alpha value is -3.35. The zero-order chi connectivity index (χ0) is 23.7. The van der Waals surface area contributed by atoms with E-state index in [-0.39, 0.29) is 23.0 Å². The molecule has 2 aromatic rings. The Labute approximate surface area is 178 Å². The number of alkyl halides is 4. The maximum absolute atomic E-state index is 14.5. The largest absolute Gasteiger partial charge is 0.461 e. The Morgan fingerprint density at radius 3 is 2.72 bits per heavy atom. The molecule has 0 saturated heterocycles. The van der Waals surface area contributed by atoms with Crippen molar-refractivity contribution in [3.8, 4) is 5.75 Å². The van der Waals surface area contributed by atoms with Crippen LogP contribution in [0, 0.1) is 12.7 Å². The number of aryl methyl sites for hydroxylation is 1. The fourth-order valence-electron chi connectivity index (χ4n) is 3.08. The van der Waals surface area contributed by atoms with E-state index in [2.05, 4.69) is 25.0 Å². The van der Waals surface area contributed by atoms with Crippen LogP contribution >= 0.6 is 0 Å². The first-order valence-electron chi connectivity index (χ1n) is 9.12. The SMILES string of the molecule is Cc1cc(OCF)cnc1C(=O)Nc1ccc(F)c([C@]2(C)CO[C@@H](C(F)(F)F)C(N)=N2)n1. The lowest BCUT2D eigenvalue weighted by Crippen LogP contribution is -2.51. The first-order valence-corrected chi connectivity index (χ1v) is 9.12. The molecular weight excluding hydrogens is 441 g/mol. The molecule has 8 nitrogen and oxygen atoms in total. The van der Waals surface area contributed by atoms with E-state index in [9.17, 15) is 26.7 Å². The van der Waals surface area contributed by atoms with Crippen molar-refractivity contribution in [1.29, 1.82) is 0 Å². The number of aliphatic imine (C=N–C) groups is 1. The smallest absolute Gasteiger partial charge is 0.421 e. The number of hydrogen-bond donors (Lipinski definition) is 2. The van der Waals surface area contributed by atoms with Gasteiger partial charge in [-0.15, -0.1) is 0 Å². The van der Waals surface area contributed by atoms with Crippen LogP contribution in [-0.4, -0.2) is 47.5 Å². The molecule has 1 aliphatic heterocycles. The number of aromatic nitrogens is 2. The lowest BCUT2D eigenvalue weighted by Gasteiger charge is -2.34. The van der Waals surface area contributed by atoms with E-state index in [1.54, 1.807) is 6.92 Å². The number of nitrogens with two attached hydrogens (primary N) is 1. The number of halogens is 5. The van der Waals surface area contributed by atoms with Gasteiger partial charge in [-0.3, -0.25) is 9.79 Å². The average Bonchev–Trinajstić information content (AvgIpc) is 2.68. The third kappa shape index (κ3) is 4.77. The van der Waals surface area contributed by atoms with E-state index in [0.717, 1.165) is 18.3 Å². The van der Waals surface area contributed by atoms with E-state index < -0.39 is 48.8 Å². The zero-order valence-corrected chi connectivity index (χ0v) is 16.8. The molecule has 0 radical (unpaired) electrons. The van der Waals surface area contributed by atoms with Crippen LogP contribution in [0.5, 0.6) is 5.75 Å². The summed E-state index contributed by atoms with van der Waals surface area (Å²) < 4.78 is 75.0. The normalized spacial score (nSPS) is 21.1. The van der Waals surface area contributed by atoms with Crippen molar-refractivity contribution in [1.82, 2.24) is 9.97 Å². The van der Waals surface area contributed by atoms with E-state index in [1.807, 2.05) is 0 Å². The number of anilines is 1. The van der Waals surface area contributed by atoms with Gasteiger partial charge < -0.3 is 20.5 Å². The minimum Gasteiger partial charge on any atom is -0.461 e.